The van der Waals surface area contributed by atoms with Crippen molar-refractivity contribution in [2.24, 2.45) is 0 Å². The van der Waals surface area contributed by atoms with Crippen LogP contribution in [0.25, 0.3) is 10.9 Å². The highest BCUT2D eigenvalue weighted by molar-refractivity contribution is 7.09. The van der Waals surface area contributed by atoms with Crippen LogP contribution in [0, 0.1) is 12.7 Å². The fourth-order valence-electron chi connectivity index (χ4n) is 3.08. The standard InChI is InChI=1S/C18H18FN3OS/c1-12-11-24-18(21-12)16-10-22(7-8-23-16)9-13-4-5-15(19)14-3-2-6-20-17(13)14/h2-6,11,16H,7-10H2,1H3/t16-/m0/s1. The van der Waals surface area contributed by atoms with E-state index in [1.54, 1.807) is 29.7 Å². The van der Waals surface area contributed by atoms with Gasteiger partial charge < -0.3 is 4.74 Å². The number of halogens is 1. The molecule has 0 spiro atoms. The van der Waals surface area contributed by atoms with Crippen molar-refractivity contribution in [1.29, 1.82) is 0 Å². The van der Waals surface area contributed by atoms with Crippen LogP contribution in [0.15, 0.2) is 35.8 Å². The van der Waals surface area contributed by atoms with Crippen LogP contribution in [0.1, 0.15) is 22.4 Å². The van der Waals surface area contributed by atoms with Gasteiger partial charge in [-0.05, 0) is 30.7 Å². The lowest BCUT2D eigenvalue weighted by molar-refractivity contribution is -0.0329. The van der Waals surface area contributed by atoms with E-state index in [4.69, 9.17) is 4.74 Å². The van der Waals surface area contributed by atoms with E-state index in [2.05, 4.69) is 20.2 Å². The van der Waals surface area contributed by atoms with Gasteiger partial charge >= 0.3 is 0 Å². The molecule has 4 nitrogen and oxygen atoms in total. The molecule has 0 amide bonds. The Bertz CT molecular complexity index is 866. The first-order chi connectivity index (χ1) is 11.7. The largest absolute Gasteiger partial charge is 0.368 e. The molecular weight excluding hydrogens is 325 g/mol. The summed E-state index contributed by atoms with van der Waals surface area (Å²) in [7, 11) is 0. The first-order valence-corrected chi connectivity index (χ1v) is 8.87. The fourth-order valence-corrected chi connectivity index (χ4v) is 3.92. The molecule has 1 saturated heterocycles. The van der Waals surface area contributed by atoms with E-state index >= 15 is 0 Å². The van der Waals surface area contributed by atoms with E-state index in [0.29, 0.717) is 12.0 Å². The molecule has 0 N–H and O–H groups in total. The summed E-state index contributed by atoms with van der Waals surface area (Å²) in [5.74, 6) is -0.222. The number of benzene rings is 1. The van der Waals surface area contributed by atoms with Gasteiger partial charge in [0.15, 0.2) is 0 Å². The molecule has 1 aliphatic rings. The van der Waals surface area contributed by atoms with Gasteiger partial charge in [-0.25, -0.2) is 9.37 Å². The molecule has 1 aliphatic heterocycles. The molecule has 0 unspecified atom stereocenters. The lowest BCUT2D eigenvalue weighted by Crippen LogP contribution is -2.37. The average Bonchev–Trinajstić information content (AvgIpc) is 3.05. The molecule has 0 aliphatic carbocycles. The van der Waals surface area contributed by atoms with Crippen LogP contribution in [-0.4, -0.2) is 34.6 Å². The van der Waals surface area contributed by atoms with Gasteiger partial charge in [0.25, 0.3) is 0 Å². The van der Waals surface area contributed by atoms with Crippen LogP contribution in [0.3, 0.4) is 0 Å². The van der Waals surface area contributed by atoms with E-state index in [9.17, 15) is 4.39 Å². The molecule has 0 bridgehead atoms. The number of hydrogen-bond acceptors (Lipinski definition) is 5. The van der Waals surface area contributed by atoms with Gasteiger partial charge in [-0.1, -0.05) is 6.07 Å². The zero-order chi connectivity index (χ0) is 16.5. The molecule has 24 heavy (non-hydrogen) atoms. The van der Waals surface area contributed by atoms with E-state index in [1.807, 2.05) is 13.0 Å². The van der Waals surface area contributed by atoms with Crippen molar-refractivity contribution in [3.8, 4) is 0 Å². The van der Waals surface area contributed by atoms with Crippen LogP contribution < -0.4 is 0 Å². The Labute approximate surface area is 143 Å². The molecule has 3 heterocycles. The minimum Gasteiger partial charge on any atom is -0.368 e. The number of aryl methyl sites for hydroxylation is 1. The van der Waals surface area contributed by atoms with Crippen molar-refractivity contribution in [1.82, 2.24) is 14.9 Å². The second-order valence-corrected chi connectivity index (χ2v) is 6.92. The topological polar surface area (TPSA) is 38.2 Å². The van der Waals surface area contributed by atoms with E-state index in [0.717, 1.165) is 41.4 Å². The Hall–Kier alpha value is -1.89. The number of hydrogen-bond donors (Lipinski definition) is 0. The zero-order valence-corrected chi connectivity index (χ0v) is 14.2. The van der Waals surface area contributed by atoms with Crippen LogP contribution in [0.2, 0.25) is 0 Å². The normalized spacial score (nSPS) is 19.0. The molecule has 4 rings (SSSR count). The Morgan fingerprint density at radius 3 is 3.12 bits per heavy atom. The summed E-state index contributed by atoms with van der Waals surface area (Å²) in [6, 6.07) is 6.91. The summed E-state index contributed by atoms with van der Waals surface area (Å²) in [5, 5.41) is 3.66. The quantitative estimate of drug-likeness (QED) is 0.727. The number of nitrogens with zero attached hydrogens (tertiary/aromatic N) is 3. The Morgan fingerprint density at radius 1 is 1.38 bits per heavy atom. The maximum absolute atomic E-state index is 13.9. The predicted octanol–water partition coefficient (Wildman–Crippen LogP) is 3.71. The lowest BCUT2D eigenvalue weighted by atomic mass is 10.1. The van der Waals surface area contributed by atoms with Gasteiger partial charge in [0.05, 0.1) is 12.1 Å². The Kier molecular flexibility index (Phi) is 4.26. The summed E-state index contributed by atoms with van der Waals surface area (Å²) in [4.78, 5) is 11.2. The molecule has 6 heteroatoms. The molecule has 3 aromatic rings. The van der Waals surface area contributed by atoms with Gasteiger partial charge in [0.1, 0.15) is 16.9 Å². The van der Waals surface area contributed by atoms with Gasteiger partial charge in [-0.15, -0.1) is 11.3 Å². The first kappa shape index (κ1) is 15.6. The monoisotopic (exact) mass is 343 g/mol. The number of rotatable bonds is 3. The zero-order valence-electron chi connectivity index (χ0n) is 13.4. The minimum atomic E-state index is -0.222. The van der Waals surface area contributed by atoms with Gasteiger partial charge in [0, 0.05) is 42.3 Å². The third kappa shape index (κ3) is 3.05. The van der Waals surface area contributed by atoms with Gasteiger partial charge in [-0.3, -0.25) is 9.88 Å². The number of pyridine rings is 1. The summed E-state index contributed by atoms with van der Waals surface area (Å²) in [6.45, 7) is 5.05. The lowest BCUT2D eigenvalue weighted by Gasteiger charge is -2.32. The summed E-state index contributed by atoms with van der Waals surface area (Å²) < 4.78 is 19.8. The highest BCUT2D eigenvalue weighted by Gasteiger charge is 2.24. The van der Waals surface area contributed by atoms with E-state index in [1.165, 1.54) is 6.07 Å². The highest BCUT2D eigenvalue weighted by atomic mass is 32.1. The molecular formula is C18H18FN3OS. The number of ether oxygens (including phenoxy) is 1. The minimum absolute atomic E-state index is 0.0112. The fraction of sp³-hybridized carbons (Fsp3) is 0.333. The predicted molar refractivity (Wildman–Crippen MR) is 92.5 cm³/mol. The van der Waals surface area contributed by atoms with Crippen LogP contribution in [-0.2, 0) is 11.3 Å². The van der Waals surface area contributed by atoms with Crippen molar-refractivity contribution in [2.45, 2.75) is 19.6 Å². The number of aromatic nitrogens is 2. The SMILES string of the molecule is Cc1csc([C@@H]2CN(Cc3ccc(F)c4cccnc34)CCO2)n1. The van der Waals surface area contributed by atoms with Crippen LogP contribution >= 0.6 is 11.3 Å². The molecule has 1 fully saturated rings. The van der Waals surface area contributed by atoms with Crippen molar-refractivity contribution in [3.63, 3.8) is 0 Å². The maximum Gasteiger partial charge on any atom is 0.132 e. The maximum atomic E-state index is 13.9. The molecule has 2 aromatic heterocycles. The first-order valence-electron chi connectivity index (χ1n) is 7.99. The average molecular weight is 343 g/mol. The van der Waals surface area contributed by atoms with Crippen molar-refractivity contribution >= 4 is 22.2 Å². The van der Waals surface area contributed by atoms with Crippen LogP contribution in [0.4, 0.5) is 4.39 Å². The third-order valence-corrected chi connectivity index (χ3v) is 5.31. The highest BCUT2D eigenvalue weighted by Crippen LogP contribution is 2.27. The summed E-state index contributed by atoms with van der Waals surface area (Å²) >= 11 is 1.64. The van der Waals surface area contributed by atoms with Crippen molar-refractivity contribution < 1.29 is 9.13 Å². The summed E-state index contributed by atoms with van der Waals surface area (Å²) in [6.07, 6.45) is 1.73. The van der Waals surface area contributed by atoms with E-state index < -0.39 is 0 Å². The summed E-state index contributed by atoms with van der Waals surface area (Å²) in [5.41, 5.74) is 2.82. The second-order valence-electron chi connectivity index (χ2n) is 6.03. The molecule has 1 atom stereocenters. The van der Waals surface area contributed by atoms with Crippen molar-refractivity contribution in [3.05, 3.63) is 57.9 Å². The molecule has 1 aromatic carbocycles. The second kappa shape index (κ2) is 6.55. The van der Waals surface area contributed by atoms with E-state index in [-0.39, 0.29) is 11.9 Å². The smallest absolute Gasteiger partial charge is 0.132 e. The number of morpholine rings is 1. The Morgan fingerprint density at radius 2 is 2.29 bits per heavy atom. The van der Waals surface area contributed by atoms with Gasteiger partial charge in [-0.2, -0.15) is 0 Å². The number of thiazole rings is 1. The molecule has 124 valence electrons. The molecule has 0 radical (unpaired) electrons. The Balaban J connectivity index is 1.56. The van der Waals surface area contributed by atoms with Crippen LogP contribution in [0.5, 0.6) is 0 Å². The number of fused-ring (bicyclic) bond motifs is 1. The molecule has 0 saturated carbocycles. The van der Waals surface area contributed by atoms with Gasteiger partial charge in [0.2, 0.25) is 0 Å². The van der Waals surface area contributed by atoms with Crippen molar-refractivity contribution in [2.75, 3.05) is 19.7 Å². The third-order valence-electron chi connectivity index (χ3n) is 4.26.